The lowest BCUT2D eigenvalue weighted by atomic mass is 9.97. The van der Waals surface area contributed by atoms with Crippen LogP contribution in [0, 0.1) is 5.92 Å². The maximum Gasteiger partial charge on any atom is 0.255 e. The monoisotopic (exact) mass is 370 g/mol. The fraction of sp³-hybridized carbons (Fsp3) is 0.550. The van der Waals surface area contributed by atoms with Crippen LogP contribution in [0.2, 0.25) is 0 Å². The van der Waals surface area contributed by atoms with Crippen molar-refractivity contribution in [3.63, 3.8) is 0 Å². The van der Waals surface area contributed by atoms with Crippen LogP contribution in [0.15, 0.2) is 18.2 Å². The zero-order chi connectivity index (χ0) is 18.8. The van der Waals surface area contributed by atoms with E-state index in [1.54, 1.807) is 4.90 Å². The summed E-state index contributed by atoms with van der Waals surface area (Å²) in [6, 6.07) is 5.34. The third-order valence-corrected chi connectivity index (χ3v) is 5.79. The number of carbonyl (C=O) groups is 3. The smallest absolute Gasteiger partial charge is 0.255 e. The zero-order valence-electron chi connectivity index (χ0n) is 15.4. The van der Waals surface area contributed by atoms with Gasteiger partial charge in [-0.05, 0) is 55.9 Å². The molecule has 3 N–H and O–H groups in total. The van der Waals surface area contributed by atoms with Gasteiger partial charge in [0.2, 0.25) is 11.8 Å². The average molecular weight is 370 g/mol. The van der Waals surface area contributed by atoms with E-state index < -0.39 is 6.04 Å². The predicted octanol–water partition coefficient (Wildman–Crippen LogP) is 0.537. The molecular weight excluding hydrogens is 344 g/mol. The summed E-state index contributed by atoms with van der Waals surface area (Å²) in [7, 11) is 0. The predicted molar refractivity (Wildman–Crippen MR) is 99.8 cm³/mol. The molecular formula is C20H26N4O3. The summed E-state index contributed by atoms with van der Waals surface area (Å²) < 4.78 is 0. The van der Waals surface area contributed by atoms with Crippen LogP contribution >= 0.6 is 0 Å². The summed E-state index contributed by atoms with van der Waals surface area (Å²) in [5.74, 6) is 0.0921. The summed E-state index contributed by atoms with van der Waals surface area (Å²) >= 11 is 0. The van der Waals surface area contributed by atoms with Crippen molar-refractivity contribution in [3.8, 4) is 0 Å². The number of carbonyl (C=O) groups excluding carboxylic acids is 3. The van der Waals surface area contributed by atoms with E-state index in [4.69, 9.17) is 0 Å². The minimum absolute atomic E-state index is 0.0996. The fourth-order valence-electron chi connectivity index (χ4n) is 4.13. The highest BCUT2D eigenvalue weighted by molar-refractivity contribution is 6.05. The normalized spacial score (nSPS) is 22.6. The number of imide groups is 1. The minimum Gasteiger partial charge on any atom is -0.322 e. The molecule has 1 aromatic rings. The molecule has 0 spiro atoms. The maximum absolute atomic E-state index is 13.0. The van der Waals surface area contributed by atoms with Crippen molar-refractivity contribution in [3.05, 3.63) is 34.9 Å². The molecule has 1 aromatic carbocycles. The molecule has 7 heteroatoms. The molecule has 1 atom stereocenters. The van der Waals surface area contributed by atoms with Gasteiger partial charge < -0.3 is 15.5 Å². The SMILES string of the molecule is O=C1CCC(N2Cc3cccc(CNCCCC4CNC4)c3C2=O)C(=O)N1. The first-order valence-electron chi connectivity index (χ1n) is 9.80. The molecule has 3 aliphatic heterocycles. The Bertz CT molecular complexity index is 760. The summed E-state index contributed by atoms with van der Waals surface area (Å²) in [5.41, 5.74) is 2.67. The van der Waals surface area contributed by atoms with Crippen LogP contribution in [0.3, 0.4) is 0 Å². The number of rotatable bonds is 7. The highest BCUT2D eigenvalue weighted by Crippen LogP contribution is 2.29. The van der Waals surface area contributed by atoms with Crippen LogP contribution in [0.5, 0.6) is 0 Å². The molecule has 2 saturated heterocycles. The van der Waals surface area contributed by atoms with Crippen LogP contribution < -0.4 is 16.0 Å². The van der Waals surface area contributed by atoms with Crippen molar-refractivity contribution in [1.29, 1.82) is 0 Å². The van der Waals surface area contributed by atoms with Crippen molar-refractivity contribution in [2.45, 2.75) is 44.8 Å². The lowest BCUT2D eigenvalue weighted by molar-refractivity contribution is -0.136. The molecule has 3 amide bonds. The summed E-state index contributed by atoms with van der Waals surface area (Å²) in [5, 5.41) is 9.08. The van der Waals surface area contributed by atoms with Gasteiger partial charge in [0.25, 0.3) is 5.91 Å². The number of hydrogen-bond acceptors (Lipinski definition) is 5. The van der Waals surface area contributed by atoms with E-state index in [9.17, 15) is 14.4 Å². The van der Waals surface area contributed by atoms with Gasteiger partial charge in [-0.25, -0.2) is 0 Å². The molecule has 0 saturated carbocycles. The molecule has 7 nitrogen and oxygen atoms in total. The minimum atomic E-state index is -0.556. The third-order valence-electron chi connectivity index (χ3n) is 5.79. The van der Waals surface area contributed by atoms with E-state index in [-0.39, 0.29) is 24.1 Å². The van der Waals surface area contributed by atoms with Gasteiger partial charge in [-0.2, -0.15) is 0 Å². The largest absolute Gasteiger partial charge is 0.322 e. The Morgan fingerprint density at radius 1 is 1.19 bits per heavy atom. The Morgan fingerprint density at radius 3 is 2.78 bits per heavy atom. The number of fused-ring (bicyclic) bond motifs is 1. The highest BCUT2D eigenvalue weighted by atomic mass is 16.2. The summed E-state index contributed by atoms with van der Waals surface area (Å²) in [4.78, 5) is 38.1. The van der Waals surface area contributed by atoms with Crippen LogP contribution in [-0.4, -0.2) is 48.3 Å². The quantitative estimate of drug-likeness (QED) is 0.481. The first-order chi connectivity index (χ1) is 13.1. The highest BCUT2D eigenvalue weighted by Gasteiger charge is 2.39. The molecule has 0 radical (unpaired) electrons. The lowest BCUT2D eigenvalue weighted by Gasteiger charge is -2.29. The van der Waals surface area contributed by atoms with Crippen LogP contribution in [0.1, 0.15) is 47.2 Å². The van der Waals surface area contributed by atoms with Crippen molar-refractivity contribution in [1.82, 2.24) is 20.9 Å². The van der Waals surface area contributed by atoms with Gasteiger partial charge in [0.1, 0.15) is 6.04 Å². The number of nitrogens with zero attached hydrogens (tertiary/aromatic N) is 1. The van der Waals surface area contributed by atoms with Crippen LogP contribution in [0.4, 0.5) is 0 Å². The Hall–Kier alpha value is -2.25. The molecule has 2 fully saturated rings. The average Bonchev–Trinajstić information content (AvgIpc) is 2.94. The van der Waals surface area contributed by atoms with E-state index in [0.717, 1.165) is 48.7 Å². The number of nitrogens with one attached hydrogen (secondary N) is 3. The maximum atomic E-state index is 13.0. The van der Waals surface area contributed by atoms with Gasteiger partial charge in [-0.3, -0.25) is 19.7 Å². The van der Waals surface area contributed by atoms with Crippen LogP contribution in [0.25, 0.3) is 0 Å². The number of piperidine rings is 1. The molecule has 0 aromatic heterocycles. The van der Waals surface area contributed by atoms with E-state index in [1.165, 1.54) is 6.42 Å². The summed E-state index contributed by atoms with van der Waals surface area (Å²) in [6.45, 7) is 4.29. The fourth-order valence-corrected chi connectivity index (χ4v) is 4.13. The van der Waals surface area contributed by atoms with E-state index in [0.29, 0.717) is 19.5 Å². The third kappa shape index (κ3) is 3.75. The second-order valence-electron chi connectivity index (χ2n) is 7.69. The molecule has 27 heavy (non-hydrogen) atoms. The van der Waals surface area contributed by atoms with Crippen molar-refractivity contribution in [2.24, 2.45) is 5.92 Å². The molecule has 0 bridgehead atoms. The van der Waals surface area contributed by atoms with Gasteiger partial charge >= 0.3 is 0 Å². The molecule has 3 aliphatic rings. The van der Waals surface area contributed by atoms with Crippen molar-refractivity contribution < 1.29 is 14.4 Å². The van der Waals surface area contributed by atoms with Crippen molar-refractivity contribution in [2.75, 3.05) is 19.6 Å². The summed E-state index contributed by atoms with van der Waals surface area (Å²) in [6.07, 6.45) is 3.04. The Morgan fingerprint density at radius 2 is 2.04 bits per heavy atom. The van der Waals surface area contributed by atoms with E-state index >= 15 is 0 Å². The molecule has 144 valence electrons. The van der Waals surface area contributed by atoms with Crippen molar-refractivity contribution >= 4 is 17.7 Å². The van der Waals surface area contributed by atoms with Gasteiger partial charge in [0, 0.05) is 25.1 Å². The Labute approximate surface area is 158 Å². The number of amides is 3. The second-order valence-corrected chi connectivity index (χ2v) is 7.69. The van der Waals surface area contributed by atoms with Gasteiger partial charge in [-0.1, -0.05) is 18.2 Å². The standard InChI is InChI=1S/C20H26N4O3/c25-17-7-6-16(19(26)23-17)24-12-15-5-1-4-14(18(15)20(24)27)11-21-8-2-3-13-9-22-10-13/h1,4-5,13,16,21-22H,2-3,6-12H2,(H,23,25,26). The number of hydrogen-bond donors (Lipinski definition) is 3. The number of benzene rings is 1. The molecule has 1 unspecified atom stereocenters. The first-order valence-corrected chi connectivity index (χ1v) is 9.80. The van der Waals surface area contributed by atoms with Gasteiger partial charge in [0.15, 0.2) is 0 Å². The van der Waals surface area contributed by atoms with Gasteiger partial charge in [0.05, 0.1) is 0 Å². The van der Waals surface area contributed by atoms with Gasteiger partial charge in [-0.15, -0.1) is 0 Å². The van der Waals surface area contributed by atoms with E-state index in [1.807, 2.05) is 18.2 Å². The topological polar surface area (TPSA) is 90.5 Å². The van der Waals surface area contributed by atoms with Crippen LogP contribution in [-0.2, 0) is 22.7 Å². The Balaban J connectivity index is 1.37. The molecule has 0 aliphatic carbocycles. The second kappa shape index (κ2) is 7.78. The van der Waals surface area contributed by atoms with E-state index in [2.05, 4.69) is 16.0 Å². The molecule has 4 rings (SSSR count). The zero-order valence-corrected chi connectivity index (χ0v) is 15.4. The Kier molecular flexibility index (Phi) is 5.22. The lowest BCUT2D eigenvalue weighted by Crippen LogP contribution is -2.52. The first kappa shape index (κ1) is 18.1. The molecule has 3 heterocycles.